The van der Waals surface area contributed by atoms with Gasteiger partial charge in [0.15, 0.2) is 5.82 Å². The molecule has 1 aliphatic heterocycles. The van der Waals surface area contributed by atoms with Crippen molar-refractivity contribution in [2.75, 3.05) is 11.5 Å². The van der Waals surface area contributed by atoms with Crippen molar-refractivity contribution >= 4 is 23.5 Å². The number of aromatic nitrogens is 2. The largest absolute Gasteiger partial charge is 0.338 e. The summed E-state index contributed by atoms with van der Waals surface area (Å²) < 4.78 is 5.22. The average molecular weight is 283 g/mol. The van der Waals surface area contributed by atoms with E-state index in [9.17, 15) is 0 Å². The molecule has 0 amide bonds. The zero-order valence-electron chi connectivity index (χ0n) is 10.3. The zero-order chi connectivity index (χ0) is 13.0. The monoisotopic (exact) mass is 283 g/mol. The van der Waals surface area contributed by atoms with Crippen LogP contribution in [0.2, 0.25) is 0 Å². The normalized spacial score (nSPS) is 25.6. The Morgan fingerprint density at radius 1 is 1.56 bits per heavy atom. The van der Waals surface area contributed by atoms with Crippen molar-refractivity contribution in [3.05, 3.63) is 11.7 Å². The Bertz CT molecular complexity index is 429. The fraction of sp³-hybridized carbons (Fsp3) is 0.667. The number of thioether (sulfide) groups is 2. The van der Waals surface area contributed by atoms with Gasteiger partial charge in [-0.15, -0.1) is 24.1 Å². The summed E-state index contributed by atoms with van der Waals surface area (Å²) in [4.78, 5) is 4.42. The van der Waals surface area contributed by atoms with Gasteiger partial charge in [0, 0.05) is 23.2 Å². The quantitative estimate of drug-likeness (QED) is 0.856. The highest BCUT2D eigenvalue weighted by atomic mass is 32.2. The van der Waals surface area contributed by atoms with Gasteiger partial charge >= 0.3 is 0 Å². The number of nitrogens with zero attached hydrogens (tertiary/aromatic N) is 2. The molecule has 2 rings (SSSR count). The molecule has 1 aromatic rings. The Hall–Kier alpha value is -0.640. The lowest BCUT2D eigenvalue weighted by atomic mass is 10.2. The maximum atomic E-state index is 5.86. The molecule has 18 heavy (non-hydrogen) atoms. The van der Waals surface area contributed by atoms with Crippen molar-refractivity contribution < 1.29 is 4.52 Å². The van der Waals surface area contributed by atoms with Crippen LogP contribution in [-0.4, -0.2) is 26.9 Å². The highest BCUT2D eigenvalue weighted by Crippen LogP contribution is 2.42. The second-order valence-electron chi connectivity index (χ2n) is 4.11. The number of hydrogen-bond donors (Lipinski definition) is 1. The molecule has 0 aliphatic carbocycles. The summed E-state index contributed by atoms with van der Waals surface area (Å²) in [5.74, 6) is 6.06. The van der Waals surface area contributed by atoms with Crippen molar-refractivity contribution in [3.63, 3.8) is 0 Å². The predicted molar refractivity (Wildman–Crippen MR) is 76.4 cm³/mol. The van der Waals surface area contributed by atoms with Crippen molar-refractivity contribution in [1.29, 1.82) is 0 Å². The van der Waals surface area contributed by atoms with E-state index in [4.69, 9.17) is 16.7 Å². The van der Waals surface area contributed by atoms with Crippen molar-refractivity contribution in [3.8, 4) is 12.3 Å². The molecule has 0 bridgehead atoms. The van der Waals surface area contributed by atoms with Crippen LogP contribution in [0.3, 0.4) is 0 Å². The lowest BCUT2D eigenvalue weighted by Crippen LogP contribution is -2.19. The molecule has 3 atom stereocenters. The standard InChI is InChI=1S/C12H17N3OS2/c1-3-5-8(13)12-14-11(15-16-12)10-9(4-2)17-6-7-18-10/h1,8-10H,4-7,13H2,2H3. The van der Waals surface area contributed by atoms with E-state index in [0.29, 0.717) is 22.8 Å². The minimum absolute atomic E-state index is 0.310. The summed E-state index contributed by atoms with van der Waals surface area (Å²) >= 11 is 3.89. The van der Waals surface area contributed by atoms with E-state index in [0.717, 1.165) is 18.0 Å². The second-order valence-corrected chi connectivity index (χ2v) is 6.71. The van der Waals surface area contributed by atoms with Crippen LogP contribution in [0, 0.1) is 12.3 Å². The van der Waals surface area contributed by atoms with Gasteiger partial charge in [0.25, 0.3) is 0 Å². The third-order valence-electron chi connectivity index (χ3n) is 2.82. The molecule has 2 N–H and O–H groups in total. The zero-order valence-corrected chi connectivity index (χ0v) is 12.0. The maximum absolute atomic E-state index is 5.86. The van der Waals surface area contributed by atoms with Gasteiger partial charge < -0.3 is 10.3 Å². The average Bonchev–Trinajstić information content (AvgIpc) is 2.88. The minimum Gasteiger partial charge on any atom is -0.338 e. The molecule has 1 fully saturated rings. The highest BCUT2D eigenvalue weighted by Gasteiger charge is 2.30. The first-order valence-electron chi connectivity index (χ1n) is 6.02. The smallest absolute Gasteiger partial charge is 0.244 e. The van der Waals surface area contributed by atoms with E-state index in [2.05, 4.69) is 23.0 Å². The molecule has 1 aliphatic rings. The van der Waals surface area contributed by atoms with Crippen LogP contribution in [0.15, 0.2) is 4.52 Å². The Labute approximate surface area is 116 Å². The summed E-state index contributed by atoms with van der Waals surface area (Å²) in [6.07, 6.45) is 6.77. The molecule has 4 nitrogen and oxygen atoms in total. The predicted octanol–water partition coefficient (Wildman–Crippen LogP) is 2.39. The third kappa shape index (κ3) is 3.02. The Morgan fingerprint density at radius 3 is 3.06 bits per heavy atom. The van der Waals surface area contributed by atoms with Crippen LogP contribution in [0.4, 0.5) is 0 Å². The van der Waals surface area contributed by atoms with Gasteiger partial charge in [-0.25, -0.2) is 0 Å². The molecule has 98 valence electrons. The topological polar surface area (TPSA) is 64.9 Å². The van der Waals surface area contributed by atoms with Crippen molar-refractivity contribution in [2.45, 2.75) is 36.3 Å². The summed E-state index contributed by atoms with van der Waals surface area (Å²) in [6, 6.07) is -0.349. The van der Waals surface area contributed by atoms with Crippen LogP contribution in [0.5, 0.6) is 0 Å². The first kappa shape index (κ1) is 13.8. The van der Waals surface area contributed by atoms with Crippen LogP contribution >= 0.6 is 23.5 Å². The van der Waals surface area contributed by atoms with Crippen LogP contribution < -0.4 is 5.73 Å². The molecule has 0 spiro atoms. The summed E-state index contributed by atoms with van der Waals surface area (Å²) in [7, 11) is 0. The fourth-order valence-electron chi connectivity index (χ4n) is 1.87. The number of terminal acetylenes is 1. The van der Waals surface area contributed by atoms with Gasteiger partial charge in [0.2, 0.25) is 5.89 Å². The molecule has 3 unspecified atom stereocenters. The molecular formula is C12H17N3OS2. The van der Waals surface area contributed by atoms with Gasteiger partial charge in [-0.1, -0.05) is 12.1 Å². The summed E-state index contributed by atoms with van der Waals surface area (Å²) in [6.45, 7) is 2.20. The fourth-order valence-corrected chi connectivity index (χ4v) is 4.85. The first-order chi connectivity index (χ1) is 8.76. The van der Waals surface area contributed by atoms with Gasteiger partial charge in [-0.3, -0.25) is 0 Å². The van der Waals surface area contributed by atoms with E-state index in [-0.39, 0.29) is 6.04 Å². The van der Waals surface area contributed by atoms with Crippen molar-refractivity contribution in [2.24, 2.45) is 5.73 Å². The van der Waals surface area contributed by atoms with E-state index in [1.807, 2.05) is 23.5 Å². The number of hydrogen-bond acceptors (Lipinski definition) is 6. The molecule has 1 aromatic heterocycles. The van der Waals surface area contributed by atoms with Gasteiger partial charge in [-0.05, 0) is 6.42 Å². The SMILES string of the molecule is C#CCC(N)c1nc(C2SCCSC2CC)no1. The first-order valence-corrected chi connectivity index (χ1v) is 8.11. The van der Waals surface area contributed by atoms with Gasteiger partial charge in [0.1, 0.15) is 0 Å². The van der Waals surface area contributed by atoms with Crippen LogP contribution in [-0.2, 0) is 0 Å². The lowest BCUT2D eigenvalue weighted by molar-refractivity contribution is 0.352. The second kappa shape index (κ2) is 6.50. The molecule has 1 saturated heterocycles. The molecule has 0 saturated carbocycles. The Kier molecular flexibility index (Phi) is 4.98. The van der Waals surface area contributed by atoms with E-state index >= 15 is 0 Å². The van der Waals surface area contributed by atoms with E-state index in [1.54, 1.807) is 0 Å². The van der Waals surface area contributed by atoms with Crippen LogP contribution in [0.1, 0.15) is 42.8 Å². The molecule has 0 radical (unpaired) electrons. The third-order valence-corrected chi connectivity index (χ3v) is 6.06. The molecular weight excluding hydrogens is 266 g/mol. The lowest BCUT2D eigenvalue weighted by Gasteiger charge is -2.27. The van der Waals surface area contributed by atoms with Gasteiger partial charge in [-0.2, -0.15) is 16.7 Å². The molecule has 6 heteroatoms. The van der Waals surface area contributed by atoms with E-state index < -0.39 is 0 Å². The number of rotatable bonds is 4. The van der Waals surface area contributed by atoms with Crippen molar-refractivity contribution in [1.82, 2.24) is 10.1 Å². The van der Waals surface area contributed by atoms with Crippen LogP contribution in [0.25, 0.3) is 0 Å². The molecule has 2 heterocycles. The highest BCUT2D eigenvalue weighted by molar-refractivity contribution is 8.06. The Balaban J connectivity index is 2.11. The van der Waals surface area contributed by atoms with E-state index in [1.165, 1.54) is 5.75 Å². The summed E-state index contributed by atoms with van der Waals surface area (Å²) in [5.41, 5.74) is 5.86. The minimum atomic E-state index is -0.349. The molecule has 0 aromatic carbocycles. The maximum Gasteiger partial charge on any atom is 0.244 e. The van der Waals surface area contributed by atoms with Gasteiger partial charge in [0.05, 0.1) is 11.3 Å². The number of nitrogens with two attached hydrogens (primary N) is 1. The summed E-state index contributed by atoms with van der Waals surface area (Å²) in [5, 5.41) is 4.94. The Morgan fingerprint density at radius 2 is 2.33 bits per heavy atom.